The van der Waals surface area contributed by atoms with Crippen LogP contribution in [-0.2, 0) is 11.3 Å². The fraction of sp³-hybridized carbons (Fsp3) is 0.107. The van der Waals surface area contributed by atoms with Crippen molar-refractivity contribution in [3.8, 4) is 5.69 Å². The molecule has 2 N–H and O–H groups in total. The van der Waals surface area contributed by atoms with Gasteiger partial charge in [-0.05, 0) is 68.4 Å². The summed E-state index contributed by atoms with van der Waals surface area (Å²) in [6.45, 7) is 3.53. The number of pyridine rings is 1. The van der Waals surface area contributed by atoms with Gasteiger partial charge in [-0.3, -0.25) is 25.2 Å². The van der Waals surface area contributed by atoms with Gasteiger partial charge in [-0.2, -0.15) is 0 Å². The molecule has 0 unspecified atom stereocenters. The van der Waals surface area contributed by atoms with E-state index in [1.807, 2.05) is 23.6 Å². The van der Waals surface area contributed by atoms with E-state index < -0.39 is 11.8 Å². The van der Waals surface area contributed by atoms with Crippen LogP contribution in [0.15, 0.2) is 83.7 Å². The number of benzene rings is 3. The minimum absolute atomic E-state index is 0.0947. The van der Waals surface area contributed by atoms with E-state index in [0.29, 0.717) is 33.1 Å². The Kier molecular flexibility index (Phi) is 5.85. The molecular formula is C28H23FN4O3. The molecule has 0 aliphatic rings. The summed E-state index contributed by atoms with van der Waals surface area (Å²) in [5.41, 5.74) is 8.69. The van der Waals surface area contributed by atoms with E-state index in [2.05, 4.69) is 10.9 Å². The van der Waals surface area contributed by atoms with Crippen LogP contribution in [0.5, 0.6) is 0 Å². The van der Waals surface area contributed by atoms with E-state index >= 15 is 0 Å². The minimum atomic E-state index is -0.473. The molecule has 2 aromatic heterocycles. The summed E-state index contributed by atoms with van der Waals surface area (Å²) in [7, 11) is 0. The molecule has 36 heavy (non-hydrogen) atoms. The van der Waals surface area contributed by atoms with Gasteiger partial charge < -0.3 is 9.13 Å². The third kappa shape index (κ3) is 4.02. The second kappa shape index (κ2) is 9.14. The Morgan fingerprint density at radius 3 is 2.03 bits per heavy atom. The number of aromatic nitrogens is 2. The highest BCUT2D eigenvalue weighted by atomic mass is 19.1. The molecule has 0 radical (unpaired) electrons. The third-order valence-corrected chi connectivity index (χ3v) is 6.26. The molecule has 3 aromatic carbocycles. The summed E-state index contributed by atoms with van der Waals surface area (Å²) in [6.07, 6.45) is 0. The number of fused-ring (bicyclic) bond motifs is 2. The van der Waals surface area contributed by atoms with Crippen LogP contribution < -0.4 is 16.3 Å². The maximum Gasteiger partial charge on any atom is 0.271 e. The van der Waals surface area contributed by atoms with Crippen LogP contribution in [0.1, 0.15) is 21.7 Å². The molecule has 0 spiro atoms. The fourth-order valence-corrected chi connectivity index (χ4v) is 4.60. The van der Waals surface area contributed by atoms with Gasteiger partial charge >= 0.3 is 0 Å². The number of carbonyl (C=O) groups excluding carboxylic acids is 2. The summed E-state index contributed by atoms with van der Waals surface area (Å²) >= 11 is 0. The van der Waals surface area contributed by atoms with Crippen LogP contribution >= 0.6 is 0 Å². The number of hydrogen-bond acceptors (Lipinski definition) is 3. The van der Waals surface area contributed by atoms with Crippen molar-refractivity contribution in [2.45, 2.75) is 20.4 Å². The van der Waals surface area contributed by atoms with Gasteiger partial charge in [0, 0.05) is 27.8 Å². The van der Waals surface area contributed by atoms with Gasteiger partial charge in [0.1, 0.15) is 12.4 Å². The fourth-order valence-electron chi connectivity index (χ4n) is 4.60. The zero-order valence-corrected chi connectivity index (χ0v) is 19.7. The minimum Gasteiger partial charge on any atom is -0.331 e. The van der Waals surface area contributed by atoms with Gasteiger partial charge in [-0.1, -0.05) is 24.3 Å². The van der Waals surface area contributed by atoms with Gasteiger partial charge in [0.15, 0.2) is 5.43 Å². The number of amides is 2. The first kappa shape index (κ1) is 23.0. The topological polar surface area (TPSA) is 85.1 Å². The number of nitrogens with one attached hydrogen (secondary N) is 2. The highest BCUT2D eigenvalue weighted by Crippen LogP contribution is 2.21. The Hall–Kier alpha value is -4.72. The van der Waals surface area contributed by atoms with Crippen molar-refractivity contribution in [1.82, 2.24) is 20.0 Å². The Bertz CT molecular complexity index is 1640. The van der Waals surface area contributed by atoms with E-state index in [0.717, 1.165) is 11.4 Å². The van der Waals surface area contributed by atoms with Crippen LogP contribution in [0.2, 0.25) is 0 Å². The lowest BCUT2D eigenvalue weighted by Gasteiger charge is -2.15. The van der Waals surface area contributed by atoms with Gasteiger partial charge in [0.05, 0.1) is 16.6 Å². The Balaban J connectivity index is 1.38. The molecular weight excluding hydrogens is 459 g/mol. The second-order valence-electron chi connectivity index (χ2n) is 8.55. The SMILES string of the molecule is Cc1cc(C(=O)NNC(=O)Cn2c3ccccc3c(=O)c3ccccc32)c(C)n1-c1ccc(F)cc1. The Labute approximate surface area is 205 Å². The van der Waals surface area contributed by atoms with Gasteiger partial charge in [0.25, 0.3) is 11.8 Å². The molecule has 2 heterocycles. The van der Waals surface area contributed by atoms with Crippen molar-refractivity contribution in [1.29, 1.82) is 0 Å². The first-order valence-corrected chi connectivity index (χ1v) is 11.4. The number of hydrazine groups is 1. The number of rotatable bonds is 4. The van der Waals surface area contributed by atoms with Gasteiger partial charge in [0.2, 0.25) is 0 Å². The van der Waals surface area contributed by atoms with Crippen LogP contribution in [-0.4, -0.2) is 20.9 Å². The molecule has 0 bridgehead atoms. The van der Waals surface area contributed by atoms with Crippen molar-refractivity contribution in [2.75, 3.05) is 0 Å². The molecule has 0 saturated carbocycles. The Morgan fingerprint density at radius 1 is 0.833 bits per heavy atom. The normalized spacial score (nSPS) is 11.1. The zero-order valence-electron chi connectivity index (χ0n) is 19.7. The number of hydrogen-bond donors (Lipinski definition) is 2. The molecule has 5 rings (SSSR count). The molecule has 0 saturated heterocycles. The highest BCUT2D eigenvalue weighted by Gasteiger charge is 2.18. The number of aryl methyl sites for hydroxylation is 1. The lowest BCUT2D eigenvalue weighted by atomic mass is 10.1. The molecule has 0 aliphatic heterocycles. The van der Waals surface area contributed by atoms with Gasteiger partial charge in [-0.25, -0.2) is 4.39 Å². The average molecular weight is 483 g/mol. The number of halogens is 1. The summed E-state index contributed by atoms with van der Waals surface area (Å²) in [5.74, 6) is -1.26. The van der Waals surface area contributed by atoms with E-state index in [-0.39, 0.29) is 17.8 Å². The molecule has 5 aromatic rings. The van der Waals surface area contributed by atoms with Crippen molar-refractivity contribution < 1.29 is 14.0 Å². The van der Waals surface area contributed by atoms with E-state index in [1.165, 1.54) is 12.1 Å². The number of carbonyl (C=O) groups is 2. The smallest absolute Gasteiger partial charge is 0.271 e. The summed E-state index contributed by atoms with van der Waals surface area (Å²) in [4.78, 5) is 38.6. The van der Waals surface area contributed by atoms with Crippen LogP contribution in [0.3, 0.4) is 0 Å². The average Bonchev–Trinajstić information content (AvgIpc) is 3.19. The standard InChI is InChI=1S/C28H23FN4O3/c1-17-15-23(18(2)33(17)20-13-11-19(29)12-14-20)28(36)31-30-26(34)16-32-24-9-5-3-7-21(24)27(35)22-8-4-6-10-25(22)32/h3-15H,16H2,1-2H3,(H,30,34)(H,31,36). The first-order valence-electron chi connectivity index (χ1n) is 11.4. The lowest BCUT2D eigenvalue weighted by molar-refractivity contribution is -0.122. The van der Waals surface area contributed by atoms with Gasteiger partial charge in [-0.15, -0.1) is 0 Å². The van der Waals surface area contributed by atoms with E-state index in [4.69, 9.17) is 0 Å². The molecule has 180 valence electrons. The maximum atomic E-state index is 13.3. The predicted octanol–water partition coefficient (Wildman–Crippen LogP) is 4.16. The van der Waals surface area contributed by atoms with Crippen molar-refractivity contribution in [2.24, 2.45) is 0 Å². The molecule has 0 aliphatic carbocycles. The van der Waals surface area contributed by atoms with E-state index in [9.17, 15) is 18.8 Å². The summed E-state index contributed by atoms with van der Waals surface area (Å²) < 4.78 is 16.9. The summed E-state index contributed by atoms with van der Waals surface area (Å²) in [5, 5.41) is 1.03. The van der Waals surface area contributed by atoms with Crippen molar-refractivity contribution in [3.05, 3.63) is 112 Å². The maximum absolute atomic E-state index is 13.3. The van der Waals surface area contributed by atoms with Crippen molar-refractivity contribution in [3.63, 3.8) is 0 Å². The van der Waals surface area contributed by atoms with Crippen LogP contribution in [0.4, 0.5) is 4.39 Å². The van der Waals surface area contributed by atoms with E-state index in [1.54, 1.807) is 66.1 Å². The summed E-state index contributed by atoms with van der Waals surface area (Å²) in [6, 6.07) is 21.9. The predicted molar refractivity (Wildman–Crippen MR) is 137 cm³/mol. The monoisotopic (exact) mass is 482 g/mol. The molecule has 7 nitrogen and oxygen atoms in total. The molecule has 8 heteroatoms. The van der Waals surface area contributed by atoms with Crippen molar-refractivity contribution >= 4 is 33.6 Å². The number of nitrogens with zero attached hydrogens (tertiary/aromatic N) is 2. The molecule has 0 atom stereocenters. The third-order valence-electron chi connectivity index (χ3n) is 6.26. The molecule has 2 amide bonds. The number of para-hydroxylation sites is 2. The molecule has 0 fully saturated rings. The lowest BCUT2D eigenvalue weighted by Crippen LogP contribution is -2.43. The highest BCUT2D eigenvalue weighted by molar-refractivity contribution is 5.98. The zero-order chi connectivity index (χ0) is 25.4. The largest absolute Gasteiger partial charge is 0.331 e. The first-order chi connectivity index (χ1) is 17.3. The second-order valence-corrected chi connectivity index (χ2v) is 8.55. The van der Waals surface area contributed by atoms with Crippen LogP contribution in [0.25, 0.3) is 27.5 Å². The quantitative estimate of drug-likeness (QED) is 0.298. The Morgan fingerprint density at radius 2 is 1.42 bits per heavy atom. The van der Waals surface area contributed by atoms with Crippen LogP contribution in [0, 0.1) is 19.7 Å².